The molecule has 1 atom stereocenters. The largest absolute Gasteiger partial charge is 0.488 e. The number of nitrogens with one attached hydrogen (secondary N) is 1. The second-order valence-electron chi connectivity index (χ2n) is 6.13. The zero-order chi connectivity index (χ0) is 18.1. The molecule has 1 N–H and O–H groups in total. The molecular weight excluding hydrogens is 455 g/mol. The summed E-state index contributed by atoms with van der Waals surface area (Å²) in [6.45, 7) is 5.19. The van der Waals surface area contributed by atoms with E-state index >= 15 is 0 Å². The highest BCUT2D eigenvalue weighted by Gasteiger charge is 2.19. The Kier molecular flexibility index (Phi) is 10.8. The Morgan fingerprint density at radius 2 is 2.27 bits per heavy atom. The lowest BCUT2D eigenvalue weighted by atomic mass is 10.1. The summed E-state index contributed by atoms with van der Waals surface area (Å²) in [5.74, 6) is 1.79. The Labute approximate surface area is 171 Å². The van der Waals surface area contributed by atoms with Crippen molar-refractivity contribution < 1.29 is 18.3 Å². The number of hydrogen-bond donors (Lipinski definition) is 1. The van der Waals surface area contributed by atoms with Gasteiger partial charge in [-0.25, -0.2) is 13.8 Å². The van der Waals surface area contributed by atoms with Crippen LogP contribution in [0.25, 0.3) is 0 Å². The van der Waals surface area contributed by atoms with Crippen molar-refractivity contribution in [2.24, 2.45) is 10.9 Å². The van der Waals surface area contributed by atoms with E-state index in [2.05, 4.69) is 15.2 Å². The fourth-order valence-corrected chi connectivity index (χ4v) is 2.73. The molecule has 0 amide bonds. The van der Waals surface area contributed by atoms with Gasteiger partial charge >= 0.3 is 0 Å². The molecule has 26 heavy (non-hydrogen) atoms. The summed E-state index contributed by atoms with van der Waals surface area (Å²) < 4.78 is 35.0. The molecule has 0 aliphatic carbocycles. The van der Waals surface area contributed by atoms with Crippen LogP contribution < -0.4 is 10.1 Å². The van der Waals surface area contributed by atoms with Crippen molar-refractivity contribution in [2.45, 2.75) is 26.3 Å². The quantitative estimate of drug-likeness (QED) is 0.350. The van der Waals surface area contributed by atoms with Gasteiger partial charge < -0.3 is 19.7 Å². The van der Waals surface area contributed by atoms with Crippen molar-refractivity contribution in [3.8, 4) is 5.75 Å². The van der Waals surface area contributed by atoms with Crippen LogP contribution >= 0.6 is 24.0 Å². The van der Waals surface area contributed by atoms with Gasteiger partial charge in [-0.2, -0.15) is 0 Å². The number of rotatable bonds is 8. The number of guanidine groups is 1. The number of halogens is 3. The first-order chi connectivity index (χ1) is 12.1. The van der Waals surface area contributed by atoms with Crippen LogP contribution in [-0.4, -0.2) is 57.2 Å². The van der Waals surface area contributed by atoms with Gasteiger partial charge in [0.05, 0.1) is 13.2 Å². The highest BCUT2D eigenvalue weighted by Crippen LogP contribution is 2.16. The van der Waals surface area contributed by atoms with Crippen molar-refractivity contribution in [2.75, 3.05) is 40.0 Å². The Bertz CT molecular complexity index is 555. The maximum absolute atomic E-state index is 12.2. The van der Waals surface area contributed by atoms with Crippen LogP contribution in [0.2, 0.25) is 0 Å². The van der Waals surface area contributed by atoms with E-state index in [0.29, 0.717) is 18.2 Å². The molecule has 0 bridgehead atoms. The fourth-order valence-electron chi connectivity index (χ4n) is 2.73. The average Bonchev–Trinajstić information content (AvgIpc) is 3.10. The first-order valence-corrected chi connectivity index (χ1v) is 8.65. The molecule has 8 heteroatoms. The van der Waals surface area contributed by atoms with E-state index in [4.69, 9.17) is 9.47 Å². The lowest BCUT2D eigenvalue weighted by Gasteiger charge is -2.24. The summed E-state index contributed by atoms with van der Waals surface area (Å²) in [5.41, 5.74) is 0.916. The third kappa shape index (κ3) is 8.03. The van der Waals surface area contributed by atoms with Gasteiger partial charge in [-0.05, 0) is 31.0 Å². The van der Waals surface area contributed by atoms with Crippen molar-refractivity contribution in [3.63, 3.8) is 0 Å². The monoisotopic (exact) mass is 483 g/mol. The maximum Gasteiger partial charge on any atom is 0.272 e. The summed E-state index contributed by atoms with van der Waals surface area (Å²) in [6, 6.07) is 7.12. The predicted octanol–water partition coefficient (Wildman–Crippen LogP) is 3.38. The molecule has 1 saturated heterocycles. The number of aliphatic imine (C=N–C) groups is 1. The van der Waals surface area contributed by atoms with Gasteiger partial charge in [0, 0.05) is 32.7 Å². The van der Waals surface area contributed by atoms with E-state index < -0.39 is 13.0 Å². The molecule has 1 fully saturated rings. The van der Waals surface area contributed by atoms with Crippen molar-refractivity contribution in [1.82, 2.24) is 10.2 Å². The SMILES string of the molecule is CCNC(=NCc1cccc(OCC(F)F)c1)N(C)CC1CCOC1.I. The Morgan fingerprint density at radius 3 is 2.92 bits per heavy atom. The Hall–Kier alpha value is -1.16. The normalized spacial score (nSPS) is 17.1. The number of alkyl halides is 2. The summed E-state index contributed by atoms with van der Waals surface area (Å²) in [5, 5.41) is 3.29. The third-order valence-corrected chi connectivity index (χ3v) is 3.94. The molecule has 0 aromatic heterocycles. The lowest BCUT2D eigenvalue weighted by molar-refractivity contribution is 0.0818. The Balaban J connectivity index is 0.00000338. The topological polar surface area (TPSA) is 46.1 Å². The van der Waals surface area contributed by atoms with Gasteiger partial charge in [0.25, 0.3) is 6.43 Å². The zero-order valence-corrected chi connectivity index (χ0v) is 17.6. The van der Waals surface area contributed by atoms with Crippen molar-refractivity contribution >= 4 is 29.9 Å². The number of benzene rings is 1. The van der Waals surface area contributed by atoms with Gasteiger partial charge in [0.2, 0.25) is 0 Å². The molecule has 1 aromatic rings. The molecule has 1 aliphatic rings. The smallest absolute Gasteiger partial charge is 0.272 e. The van der Waals surface area contributed by atoms with E-state index in [-0.39, 0.29) is 24.0 Å². The minimum atomic E-state index is -2.48. The summed E-state index contributed by atoms with van der Waals surface area (Å²) in [7, 11) is 2.02. The minimum absolute atomic E-state index is 0. The van der Waals surface area contributed by atoms with E-state index in [9.17, 15) is 8.78 Å². The fraction of sp³-hybridized carbons (Fsp3) is 0.611. The van der Waals surface area contributed by atoms with Gasteiger partial charge in [-0.3, -0.25) is 0 Å². The number of nitrogens with zero attached hydrogens (tertiary/aromatic N) is 2. The van der Waals surface area contributed by atoms with Gasteiger partial charge in [-0.15, -0.1) is 24.0 Å². The maximum atomic E-state index is 12.2. The molecule has 1 heterocycles. The van der Waals surface area contributed by atoms with Gasteiger partial charge in [0.15, 0.2) is 5.96 Å². The summed E-state index contributed by atoms with van der Waals surface area (Å²) in [4.78, 5) is 6.76. The van der Waals surface area contributed by atoms with Crippen LogP contribution in [-0.2, 0) is 11.3 Å². The molecule has 1 aliphatic heterocycles. The van der Waals surface area contributed by atoms with Crippen molar-refractivity contribution in [1.29, 1.82) is 0 Å². The number of ether oxygens (including phenoxy) is 2. The zero-order valence-electron chi connectivity index (χ0n) is 15.3. The third-order valence-electron chi connectivity index (χ3n) is 3.94. The van der Waals surface area contributed by atoms with Gasteiger partial charge in [0.1, 0.15) is 12.4 Å². The molecule has 1 unspecified atom stereocenters. The van der Waals surface area contributed by atoms with E-state index in [1.54, 1.807) is 18.2 Å². The van der Waals surface area contributed by atoms with Crippen LogP contribution in [0.3, 0.4) is 0 Å². The van der Waals surface area contributed by atoms with Crippen LogP contribution in [0, 0.1) is 5.92 Å². The van der Waals surface area contributed by atoms with E-state index in [1.165, 1.54) is 0 Å². The summed E-state index contributed by atoms with van der Waals surface area (Å²) in [6.07, 6.45) is -1.40. The number of hydrogen-bond acceptors (Lipinski definition) is 3. The molecule has 1 aromatic carbocycles. The highest BCUT2D eigenvalue weighted by atomic mass is 127. The van der Waals surface area contributed by atoms with Crippen LogP contribution in [0.15, 0.2) is 29.3 Å². The predicted molar refractivity (Wildman–Crippen MR) is 110 cm³/mol. The molecule has 2 rings (SSSR count). The second kappa shape index (κ2) is 12.3. The van der Waals surface area contributed by atoms with E-state index in [0.717, 1.165) is 44.2 Å². The molecular formula is C18H28F2IN3O2. The van der Waals surface area contributed by atoms with E-state index in [1.807, 2.05) is 20.0 Å². The molecule has 0 radical (unpaired) electrons. The Morgan fingerprint density at radius 1 is 1.46 bits per heavy atom. The second-order valence-corrected chi connectivity index (χ2v) is 6.13. The van der Waals surface area contributed by atoms with Crippen LogP contribution in [0.5, 0.6) is 5.75 Å². The molecule has 0 saturated carbocycles. The summed E-state index contributed by atoms with van der Waals surface area (Å²) >= 11 is 0. The molecule has 5 nitrogen and oxygen atoms in total. The first-order valence-electron chi connectivity index (χ1n) is 8.65. The van der Waals surface area contributed by atoms with Crippen LogP contribution in [0.4, 0.5) is 8.78 Å². The average molecular weight is 483 g/mol. The van der Waals surface area contributed by atoms with Crippen molar-refractivity contribution in [3.05, 3.63) is 29.8 Å². The molecule has 148 valence electrons. The highest BCUT2D eigenvalue weighted by molar-refractivity contribution is 14.0. The first kappa shape index (κ1) is 22.9. The molecule has 0 spiro atoms. The minimum Gasteiger partial charge on any atom is -0.488 e. The van der Waals surface area contributed by atoms with Gasteiger partial charge in [-0.1, -0.05) is 12.1 Å². The lowest BCUT2D eigenvalue weighted by Crippen LogP contribution is -2.41. The van der Waals surface area contributed by atoms with Crippen LogP contribution in [0.1, 0.15) is 18.9 Å². The standard InChI is InChI=1S/C18H27F2N3O2.HI/c1-3-21-18(23(2)11-15-7-8-24-12-15)22-10-14-5-4-6-16(9-14)25-13-17(19)20;/h4-6,9,15,17H,3,7-8,10-13H2,1-2H3,(H,21,22);1H.